The monoisotopic (exact) mass is 582 g/mol. The van der Waals surface area contributed by atoms with Crippen molar-refractivity contribution in [2.24, 2.45) is 52.3 Å². The summed E-state index contributed by atoms with van der Waals surface area (Å²) in [5, 5.41) is 0. The zero-order valence-corrected chi connectivity index (χ0v) is 26.8. The molecule has 11 atom stereocenters. The smallest absolute Gasteiger partial charge is 0.333 e. The van der Waals surface area contributed by atoms with E-state index in [-0.39, 0.29) is 46.8 Å². The van der Waals surface area contributed by atoms with Crippen LogP contribution in [0.3, 0.4) is 0 Å². The molecule has 6 heteroatoms. The fourth-order valence-electron chi connectivity index (χ4n) is 10.7. The molecule has 0 aromatic heterocycles. The molecule has 2 heterocycles. The van der Waals surface area contributed by atoms with E-state index in [1.165, 1.54) is 19.3 Å². The Morgan fingerprint density at radius 2 is 1.29 bits per heavy atom. The first-order valence-electron chi connectivity index (χ1n) is 17.0. The molecule has 234 valence electrons. The Kier molecular flexibility index (Phi) is 9.13. The van der Waals surface area contributed by atoms with Crippen LogP contribution in [0.25, 0.3) is 0 Å². The summed E-state index contributed by atoms with van der Waals surface area (Å²) >= 11 is 0. The van der Waals surface area contributed by atoms with Crippen molar-refractivity contribution in [2.45, 2.75) is 137 Å². The number of fused-ring (bicyclic) bond motifs is 2. The number of hydrogen-bond acceptors (Lipinski definition) is 6. The highest BCUT2D eigenvalue weighted by Gasteiger charge is 2.54. The molecule has 6 nitrogen and oxygen atoms in total. The van der Waals surface area contributed by atoms with Gasteiger partial charge in [0, 0.05) is 36.7 Å². The average molecular weight is 583 g/mol. The second kappa shape index (κ2) is 12.2. The van der Waals surface area contributed by atoms with Gasteiger partial charge in [-0.05, 0) is 105 Å². The number of carbonyl (C=O) groups is 4. The van der Waals surface area contributed by atoms with E-state index in [0.717, 1.165) is 64.2 Å². The minimum Gasteiger partial charge on any atom is -0.462 e. The number of hydrogen-bond donors (Lipinski definition) is 0. The lowest BCUT2D eigenvalue weighted by molar-refractivity contribution is -0.144. The van der Waals surface area contributed by atoms with Crippen LogP contribution in [0.5, 0.6) is 0 Å². The van der Waals surface area contributed by atoms with Gasteiger partial charge in [-0.1, -0.05) is 41.2 Å². The maximum Gasteiger partial charge on any atom is 0.333 e. The van der Waals surface area contributed by atoms with Crippen LogP contribution in [0.1, 0.15) is 125 Å². The molecule has 4 aliphatic carbocycles. The van der Waals surface area contributed by atoms with Crippen molar-refractivity contribution in [3.8, 4) is 0 Å². The predicted molar refractivity (Wildman–Crippen MR) is 161 cm³/mol. The van der Waals surface area contributed by atoms with Crippen LogP contribution >= 0.6 is 0 Å². The standard InChI is InChI=1S/C18H28O3.C18H26O3/c2*1-11(9-13-10-12(2)17(20)21-13)14-6-7-15-16(19)5-4-8-18(14,15)3/h11-15H,4-10H2,1-3H3;11,13-15H,2,4-10H2,1,3H3/t11-,12+,13+,14-,15+,18-;11-,13+,14-,15+,18-/m11/s1. The first kappa shape index (κ1) is 31.4. The fourth-order valence-corrected chi connectivity index (χ4v) is 10.7. The van der Waals surface area contributed by atoms with E-state index in [1.807, 2.05) is 6.92 Å². The number of ketones is 2. The largest absolute Gasteiger partial charge is 0.462 e. The van der Waals surface area contributed by atoms with Crippen LogP contribution in [-0.2, 0) is 28.7 Å². The highest BCUT2D eigenvalue weighted by Crippen LogP contribution is 2.58. The van der Waals surface area contributed by atoms with Crippen molar-refractivity contribution in [1.82, 2.24) is 0 Å². The summed E-state index contributed by atoms with van der Waals surface area (Å²) in [6.45, 7) is 14.9. The van der Waals surface area contributed by atoms with Crippen molar-refractivity contribution in [3.05, 3.63) is 12.2 Å². The van der Waals surface area contributed by atoms with Crippen LogP contribution in [0, 0.1) is 52.3 Å². The summed E-state index contributed by atoms with van der Waals surface area (Å²) in [6, 6.07) is 0. The average Bonchev–Trinajstić information content (AvgIpc) is 3.64. The minimum atomic E-state index is -0.226. The second-order valence-electron chi connectivity index (χ2n) is 15.6. The molecular formula is C36H54O6. The molecule has 0 N–H and O–H groups in total. The van der Waals surface area contributed by atoms with E-state index in [9.17, 15) is 19.2 Å². The quantitative estimate of drug-likeness (QED) is 0.239. The van der Waals surface area contributed by atoms with Gasteiger partial charge in [-0.2, -0.15) is 0 Å². The molecule has 6 rings (SSSR count). The zero-order chi connectivity index (χ0) is 30.4. The molecule has 6 aliphatic rings. The molecule has 2 saturated heterocycles. The van der Waals surface area contributed by atoms with Gasteiger partial charge in [0.1, 0.15) is 23.8 Å². The fraction of sp³-hybridized carbons (Fsp3) is 0.833. The van der Waals surface area contributed by atoms with Crippen LogP contribution in [0.4, 0.5) is 0 Å². The third-order valence-corrected chi connectivity index (χ3v) is 12.9. The lowest BCUT2D eigenvalue weighted by Gasteiger charge is -2.42. The molecule has 42 heavy (non-hydrogen) atoms. The van der Waals surface area contributed by atoms with Crippen molar-refractivity contribution in [3.63, 3.8) is 0 Å². The van der Waals surface area contributed by atoms with Gasteiger partial charge in [0.15, 0.2) is 0 Å². The zero-order valence-electron chi connectivity index (χ0n) is 26.8. The summed E-state index contributed by atoms with van der Waals surface area (Å²) < 4.78 is 10.9. The van der Waals surface area contributed by atoms with Crippen molar-refractivity contribution < 1.29 is 28.7 Å². The number of esters is 2. The Labute approximate surface area is 253 Å². The second-order valence-corrected chi connectivity index (χ2v) is 15.6. The third kappa shape index (κ3) is 5.89. The van der Waals surface area contributed by atoms with Crippen molar-refractivity contribution >= 4 is 23.5 Å². The van der Waals surface area contributed by atoms with Gasteiger partial charge in [0.05, 0.1) is 5.92 Å². The summed E-state index contributed by atoms with van der Waals surface area (Å²) in [4.78, 5) is 47.4. The molecule has 0 aromatic rings. The van der Waals surface area contributed by atoms with Gasteiger partial charge < -0.3 is 9.47 Å². The maximum atomic E-state index is 12.2. The number of ether oxygens (including phenoxy) is 2. The first-order chi connectivity index (χ1) is 19.8. The predicted octanol–water partition coefficient (Wildman–Crippen LogP) is 7.42. The molecule has 2 aliphatic heterocycles. The molecule has 0 bridgehead atoms. The number of Topliss-reactive ketones (excluding diaryl/α,β-unsaturated/α-hetero) is 2. The molecule has 0 amide bonds. The molecule has 0 radical (unpaired) electrons. The van der Waals surface area contributed by atoms with Gasteiger partial charge in [0.25, 0.3) is 0 Å². The van der Waals surface area contributed by atoms with E-state index in [1.54, 1.807) is 0 Å². The van der Waals surface area contributed by atoms with Gasteiger partial charge in [-0.15, -0.1) is 0 Å². The number of rotatable bonds is 6. The molecule has 4 saturated carbocycles. The SMILES string of the molecule is C=C1C[C@H](C[C@@H](C)[C@H]2CC[C@H]3C(=O)CCC[C@]23C)OC1=O.C[C@H](C[C@H]1C[C@H](C)C(=O)O1)[C@H]1CC[C@H]2C(=O)CCC[C@]12C. The maximum absolute atomic E-state index is 12.2. The van der Waals surface area contributed by atoms with Gasteiger partial charge in [0.2, 0.25) is 0 Å². The normalized spacial score (nSPS) is 42.8. The Bertz CT molecular complexity index is 1080. The Hall–Kier alpha value is -1.98. The topological polar surface area (TPSA) is 86.7 Å². The van der Waals surface area contributed by atoms with Crippen molar-refractivity contribution in [1.29, 1.82) is 0 Å². The van der Waals surface area contributed by atoms with Crippen LogP contribution < -0.4 is 0 Å². The van der Waals surface area contributed by atoms with E-state index in [2.05, 4.69) is 34.3 Å². The Balaban J connectivity index is 0.000000168. The summed E-state index contributed by atoms with van der Waals surface area (Å²) in [6.07, 6.45) is 14.0. The van der Waals surface area contributed by atoms with E-state index >= 15 is 0 Å². The van der Waals surface area contributed by atoms with Crippen molar-refractivity contribution in [2.75, 3.05) is 0 Å². The highest BCUT2D eigenvalue weighted by atomic mass is 16.6. The van der Waals surface area contributed by atoms with Crippen LogP contribution in [0.2, 0.25) is 0 Å². The first-order valence-corrected chi connectivity index (χ1v) is 17.0. The molecule has 0 unspecified atom stereocenters. The molecule has 6 fully saturated rings. The summed E-state index contributed by atoms with van der Waals surface area (Å²) in [7, 11) is 0. The number of carbonyl (C=O) groups excluding carboxylic acids is 4. The lowest BCUT2D eigenvalue weighted by atomic mass is 9.62. The van der Waals surface area contributed by atoms with E-state index < -0.39 is 0 Å². The highest BCUT2D eigenvalue weighted by molar-refractivity contribution is 5.89. The third-order valence-electron chi connectivity index (χ3n) is 12.9. The van der Waals surface area contributed by atoms with Gasteiger partial charge in [-0.25, -0.2) is 4.79 Å². The molecule has 0 spiro atoms. The lowest BCUT2D eigenvalue weighted by Crippen LogP contribution is -2.39. The summed E-state index contributed by atoms with van der Waals surface area (Å²) in [5.41, 5.74) is 0.979. The van der Waals surface area contributed by atoms with Crippen LogP contribution in [0.15, 0.2) is 12.2 Å². The number of cyclic esters (lactones) is 2. The van der Waals surface area contributed by atoms with Crippen LogP contribution in [-0.4, -0.2) is 35.7 Å². The Morgan fingerprint density at radius 3 is 1.71 bits per heavy atom. The van der Waals surface area contributed by atoms with Gasteiger partial charge in [-0.3, -0.25) is 14.4 Å². The van der Waals surface area contributed by atoms with E-state index in [4.69, 9.17) is 9.47 Å². The van der Waals surface area contributed by atoms with E-state index in [0.29, 0.717) is 53.1 Å². The minimum absolute atomic E-state index is 0.00180. The molecular weight excluding hydrogens is 528 g/mol. The molecule has 0 aromatic carbocycles. The Morgan fingerprint density at radius 1 is 0.786 bits per heavy atom. The summed E-state index contributed by atoms with van der Waals surface area (Å²) in [5.74, 6) is 3.59. The van der Waals surface area contributed by atoms with Gasteiger partial charge >= 0.3 is 11.9 Å².